The summed E-state index contributed by atoms with van der Waals surface area (Å²) in [5.41, 5.74) is 4.22. The fourth-order valence-electron chi connectivity index (χ4n) is 4.09. The minimum absolute atomic E-state index is 0.247. The Hall–Kier alpha value is -4.04. The lowest BCUT2D eigenvalue weighted by Crippen LogP contribution is -2.39. The fraction of sp³-hybridized carbons (Fsp3) is 0.207. The van der Waals surface area contributed by atoms with E-state index in [1.165, 1.54) is 29.7 Å². The van der Waals surface area contributed by atoms with Crippen molar-refractivity contribution >= 4 is 34.8 Å². The van der Waals surface area contributed by atoms with E-state index in [-0.39, 0.29) is 17.8 Å². The van der Waals surface area contributed by atoms with Gasteiger partial charge in [0.05, 0.1) is 6.04 Å². The van der Waals surface area contributed by atoms with Gasteiger partial charge in [0.25, 0.3) is 5.91 Å². The van der Waals surface area contributed by atoms with E-state index < -0.39 is 6.10 Å². The van der Waals surface area contributed by atoms with Crippen LogP contribution in [0, 0.1) is 25.1 Å². The van der Waals surface area contributed by atoms with E-state index in [9.17, 15) is 9.18 Å². The number of hydrogen-bond acceptors (Lipinski definition) is 6. The lowest BCUT2D eigenvalue weighted by atomic mass is 10.0. The molecule has 4 rings (SSSR count). The Bertz CT molecular complexity index is 1400. The molecule has 2 N–H and O–H groups in total. The van der Waals surface area contributed by atoms with Gasteiger partial charge in [0.2, 0.25) is 0 Å². The average Bonchev–Trinajstić information content (AvgIpc) is 3.33. The van der Waals surface area contributed by atoms with Crippen molar-refractivity contribution in [2.24, 2.45) is 0 Å². The van der Waals surface area contributed by atoms with E-state index >= 15 is 0 Å². The van der Waals surface area contributed by atoms with Gasteiger partial charge in [-0.3, -0.25) is 4.79 Å². The second kappa shape index (κ2) is 11.3. The molecule has 4 aromatic rings. The number of benzene rings is 3. The zero-order valence-corrected chi connectivity index (χ0v) is 22.0. The van der Waals surface area contributed by atoms with Crippen molar-refractivity contribution in [3.8, 4) is 5.75 Å². The minimum atomic E-state index is -0.482. The summed E-state index contributed by atoms with van der Waals surface area (Å²) in [5, 5.41) is 11.4. The van der Waals surface area contributed by atoms with Crippen molar-refractivity contribution in [3.63, 3.8) is 0 Å². The molecule has 3 aromatic carbocycles. The largest absolute Gasteiger partial charge is 0.484 e. The van der Waals surface area contributed by atoms with Crippen LogP contribution in [0.5, 0.6) is 5.75 Å². The molecule has 1 aromatic heterocycles. The number of halogens is 1. The predicted molar refractivity (Wildman–Crippen MR) is 147 cm³/mol. The van der Waals surface area contributed by atoms with Crippen LogP contribution >= 0.6 is 11.3 Å². The first kappa shape index (κ1) is 26.0. The summed E-state index contributed by atoms with van der Waals surface area (Å²) in [4.78, 5) is 19.9. The zero-order chi connectivity index (χ0) is 26.5. The molecule has 0 fully saturated rings. The van der Waals surface area contributed by atoms with Crippen LogP contribution in [0.2, 0.25) is 0 Å². The highest BCUT2D eigenvalue weighted by Crippen LogP contribution is 2.32. The molecule has 37 heavy (non-hydrogen) atoms. The van der Waals surface area contributed by atoms with Crippen molar-refractivity contribution in [3.05, 3.63) is 105 Å². The number of nitrogens with one attached hydrogen (secondary N) is 2. The number of anilines is 2. The van der Waals surface area contributed by atoms with E-state index in [4.69, 9.17) is 10.1 Å². The smallest absolute Gasteiger partial charge is 0.280 e. The predicted octanol–water partition coefficient (Wildman–Crippen LogP) is 6.60. The van der Waals surface area contributed by atoms with E-state index in [1.807, 2.05) is 69.1 Å². The van der Waals surface area contributed by atoms with Crippen molar-refractivity contribution in [1.82, 2.24) is 10.3 Å². The molecule has 0 bridgehead atoms. The maximum Gasteiger partial charge on any atom is 0.280 e. The van der Waals surface area contributed by atoms with Crippen LogP contribution in [0.25, 0.3) is 0 Å². The first-order valence-electron chi connectivity index (χ1n) is 11.9. The van der Waals surface area contributed by atoms with Crippen molar-refractivity contribution < 1.29 is 13.9 Å². The molecule has 0 saturated carbocycles. The highest BCUT2D eigenvalue weighted by Gasteiger charge is 2.25. The molecular formula is C29H29FN4O2S. The third-order valence-electron chi connectivity index (χ3n) is 5.99. The second-order valence-corrected chi connectivity index (χ2v) is 10.1. The Balaban J connectivity index is 1.61. The van der Waals surface area contributed by atoms with Crippen LogP contribution in [0.4, 0.5) is 15.8 Å². The molecule has 2 atom stereocenters. The quantitative estimate of drug-likeness (QED) is 0.246. The third-order valence-corrected chi connectivity index (χ3v) is 6.90. The normalized spacial score (nSPS) is 12.5. The van der Waals surface area contributed by atoms with Gasteiger partial charge in [0.15, 0.2) is 5.01 Å². The van der Waals surface area contributed by atoms with Gasteiger partial charge in [-0.2, -0.15) is 0 Å². The number of aryl methyl sites for hydroxylation is 2. The topological polar surface area (TPSA) is 78.3 Å². The fourth-order valence-corrected chi connectivity index (χ4v) is 4.75. The standard InChI is InChI=1S/C29H29FN4O2S/c1-18-6-5-7-21(14-18)27(20(3)33-28(35)29-32-17-19(2)37-29)36-25-12-13-26(22(15-25)16-31)34(4)24-10-8-23(30)9-11-24/h5-17,20,27,31H,1-4H3,(H,33,35)/t20-,27-/m0/s1. The van der Waals surface area contributed by atoms with E-state index in [1.54, 1.807) is 24.4 Å². The van der Waals surface area contributed by atoms with Gasteiger partial charge >= 0.3 is 0 Å². The molecule has 0 saturated heterocycles. The lowest BCUT2D eigenvalue weighted by Gasteiger charge is -2.27. The number of amides is 1. The van der Waals surface area contributed by atoms with Crippen molar-refractivity contribution in [2.45, 2.75) is 32.9 Å². The Labute approximate surface area is 220 Å². The summed E-state index contributed by atoms with van der Waals surface area (Å²) in [5.74, 6) is 0.0114. The van der Waals surface area contributed by atoms with Crippen LogP contribution in [-0.2, 0) is 0 Å². The maximum atomic E-state index is 13.4. The Morgan fingerprint density at radius 3 is 2.54 bits per heavy atom. The van der Waals surface area contributed by atoms with Crippen LogP contribution in [-0.4, -0.2) is 30.2 Å². The molecule has 6 nitrogen and oxygen atoms in total. The Morgan fingerprint density at radius 2 is 1.89 bits per heavy atom. The van der Waals surface area contributed by atoms with Crippen molar-refractivity contribution in [2.75, 3.05) is 11.9 Å². The number of carbonyl (C=O) groups is 1. The first-order chi connectivity index (χ1) is 17.7. The highest BCUT2D eigenvalue weighted by atomic mass is 32.1. The summed E-state index contributed by atoms with van der Waals surface area (Å²) < 4.78 is 19.8. The molecule has 0 aliphatic heterocycles. The maximum absolute atomic E-state index is 13.4. The van der Waals surface area contributed by atoms with Gasteiger partial charge in [-0.25, -0.2) is 9.37 Å². The number of thiazole rings is 1. The van der Waals surface area contributed by atoms with Crippen LogP contribution in [0.15, 0.2) is 72.9 Å². The molecule has 1 heterocycles. The lowest BCUT2D eigenvalue weighted by molar-refractivity contribution is 0.0881. The molecule has 0 spiro atoms. The summed E-state index contributed by atoms with van der Waals surface area (Å²) >= 11 is 1.35. The average molecular weight is 517 g/mol. The number of aromatic nitrogens is 1. The number of ether oxygens (including phenoxy) is 1. The van der Waals surface area contributed by atoms with Gasteiger partial charge in [-0.15, -0.1) is 11.3 Å². The summed E-state index contributed by atoms with van der Waals surface area (Å²) in [6, 6.07) is 19.3. The molecule has 0 unspecified atom stereocenters. The van der Waals surface area contributed by atoms with Crippen LogP contribution in [0.1, 0.15) is 44.4 Å². The Kier molecular flexibility index (Phi) is 7.98. The summed E-state index contributed by atoms with van der Waals surface area (Å²) in [6.07, 6.45) is 2.46. The Morgan fingerprint density at radius 1 is 1.14 bits per heavy atom. The summed E-state index contributed by atoms with van der Waals surface area (Å²) in [7, 11) is 1.86. The zero-order valence-electron chi connectivity index (χ0n) is 21.2. The van der Waals surface area contributed by atoms with Crippen molar-refractivity contribution in [1.29, 1.82) is 5.41 Å². The van der Waals surface area contributed by atoms with E-state index in [0.29, 0.717) is 16.3 Å². The summed E-state index contributed by atoms with van der Waals surface area (Å²) in [6.45, 7) is 5.82. The first-order valence-corrected chi connectivity index (χ1v) is 12.7. The van der Waals surface area contributed by atoms with Gasteiger partial charge in [-0.05, 0) is 68.8 Å². The second-order valence-electron chi connectivity index (χ2n) is 8.89. The van der Waals surface area contributed by atoms with Gasteiger partial charge < -0.3 is 20.4 Å². The van der Waals surface area contributed by atoms with Gasteiger partial charge in [0, 0.05) is 41.3 Å². The minimum Gasteiger partial charge on any atom is -0.484 e. The number of carbonyl (C=O) groups excluding carboxylic acids is 1. The molecule has 8 heteroatoms. The number of nitrogens with zero attached hydrogens (tertiary/aromatic N) is 2. The molecule has 190 valence electrons. The van der Waals surface area contributed by atoms with Gasteiger partial charge in [0.1, 0.15) is 17.7 Å². The molecule has 0 radical (unpaired) electrons. The van der Waals surface area contributed by atoms with Crippen LogP contribution in [0.3, 0.4) is 0 Å². The highest BCUT2D eigenvalue weighted by molar-refractivity contribution is 7.13. The molecule has 0 aliphatic carbocycles. The van der Waals surface area contributed by atoms with Crippen LogP contribution < -0.4 is 15.0 Å². The molecular weight excluding hydrogens is 487 g/mol. The SMILES string of the molecule is Cc1cccc([C@@H](Oc2ccc(N(C)c3ccc(F)cc3)c(C=N)c2)[C@H](C)NC(=O)c2ncc(C)s2)c1. The monoisotopic (exact) mass is 516 g/mol. The number of rotatable bonds is 9. The van der Waals surface area contributed by atoms with Gasteiger partial charge in [-0.1, -0.05) is 29.8 Å². The molecule has 1 amide bonds. The number of hydrogen-bond donors (Lipinski definition) is 2. The third kappa shape index (κ3) is 6.21. The van der Waals surface area contributed by atoms with E-state index in [0.717, 1.165) is 27.4 Å². The molecule has 0 aliphatic rings. The van der Waals surface area contributed by atoms with E-state index in [2.05, 4.69) is 10.3 Å².